The summed E-state index contributed by atoms with van der Waals surface area (Å²) >= 11 is 0. The van der Waals surface area contributed by atoms with E-state index in [4.69, 9.17) is 9.84 Å². The largest absolute Gasteiger partial charge is 0.481 e. The Morgan fingerprint density at radius 3 is 2.26 bits per heavy atom. The molecule has 0 radical (unpaired) electrons. The van der Waals surface area contributed by atoms with E-state index in [1.165, 1.54) is 11.1 Å². The molecule has 0 bridgehead atoms. The molecule has 2 aromatic rings. The van der Waals surface area contributed by atoms with Crippen molar-refractivity contribution in [3.8, 4) is 11.1 Å². The Kier molecular flexibility index (Phi) is 7.43. The number of aliphatic carboxylic acids is 1. The highest BCUT2D eigenvalue weighted by Gasteiger charge is 2.32. The lowest BCUT2D eigenvalue weighted by Crippen LogP contribution is -2.45. The van der Waals surface area contributed by atoms with Crippen molar-refractivity contribution < 1.29 is 24.2 Å². The Bertz CT molecular complexity index is 1050. The number of ether oxygens (including phenoxy) is 1. The second kappa shape index (κ2) is 10.5. The van der Waals surface area contributed by atoms with Gasteiger partial charge in [-0.15, -0.1) is 0 Å². The maximum absolute atomic E-state index is 12.6. The third-order valence-electron chi connectivity index (χ3n) is 7.20. The molecule has 2 aliphatic rings. The van der Waals surface area contributed by atoms with Gasteiger partial charge in [0.1, 0.15) is 6.61 Å². The van der Waals surface area contributed by atoms with Crippen LogP contribution in [-0.4, -0.2) is 41.3 Å². The molecule has 0 spiro atoms. The van der Waals surface area contributed by atoms with Gasteiger partial charge in [0.2, 0.25) is 5.91 Å². The third kappa shape index (κ3) is 6.02. The molecule has 0 heterocycles. The number of nitrogens with one attached hydrogen (secondary N) is 2. The molecule has 35 heavy (non-hydrogen) atoms. The zero-order valence-electron chi connectivity index (χ0n) is 20.4. The summed E-state index contributed by atoms with van der Waals surface area (Å²) in [5.74, 6) is -0.963. The molecule has 1 saturated carbocycles. The fraction of sp³-hybridized carbons (Fsp3) is 0.464. The summed E-state index contributed by atoms with van der Waals surface area (Å²) in [6.07, 6.45) is 2.83. The van der Waals surface area contributed by atoms with Gasteiger partial charge in [0, 0.05) is 23.9 Å². The fourth-order valence-electron chi connectivity index (χ4n) is 5.37. The number of hydrogen-bond donors (Lipinski definition) is 3. The number of alkyl carbamates (subject to hydrolysis) is 1. The maximum atomic E-state index is 12.6. The lowest BCUT2D eigenvalue weighted by Gasteiger charge is -2.27. The van der Waals surface area contributed by atoms with E-state index in [0.717, 1.165) is 30.4 Å². The van der Waals surface area contributed by atoms with Crippen molar-refractivity contribution in [2.24, 2.45) is 5.92 Å². The van der Waals surface area contributed by atoms with E-state index in [1.54, 1.807) is 0 Å². The molecule has 0 saturated heterocycles. The van der Waals surface area contributed by atoms with E-state index in [9.17, 15) is 14.4 Å². The molecule has 2 aliphatic carbocycles. The second-order valence-corrected chi connectivity index (χ2v) is 10.3. The highest BCUT2D eigenvalue weighted by Crippen LogP contribution is 2.44. The first-order valence-electron chi connectivity index (χ1n) is 12.4. The third-order valence-corrected chi connectivity index (χ3v) is 7.20. The van der Waals surface area contributed by atoms with E-state index < -0.39 is 17.6 Å². The van der Waals surface area contributed by atoms with Gasteiger partial charge in [-0.25, -0.2) is 4.79 Å². The van der Waals surface area contributed by atoms with E-state index in [0.29, 0.717) is 6.42 Å². The summed E-state index contributed by atoms with van der Waals surface area (Å²) in [5.41, 5.74) is 4.04. The van der Waals surface area contributed by atoms with Crippen LogP contribution in [0.25, 0.3) is 11.1 Å². The predicted octanol–water partition coefficient (Wildman–Crippen LogP) is 4.84. The number of amides is 2. The Morgan fingerprint density at radius 1 is 1.00 bits per heavy atom. The Morgan fingerprint density at radius 2 is 1.63 bits per heavy atom. The van der Waals surface area contributed by atoms with Gasteiger partial charge in [-0.3, -0.25) is 9.59 Å². The molecule has 3 N–H and O–H groups in total. The smallest absolute Gasteiger partial charge is 0.407 e. The highest BCUT2D eigenvalue weighted by molar-refractivity contribution is 5.79. The highest BCUT2D eigenvalue weighted by atomic mass is 16.5. The van der Waals surface area contributed by atoms with Gasteiger partial charge in [0.25, 0.3) is 0 Å². The topological polar surface area (TPSA) is 105 Å². The van der Waals surface area contributed by atoms with Crippen molar-refractivity contribution >= 4 is 18.0 Å². The number of carbonyl (C=O) groups excluding carboxylic acids is 2. The van der Waals surface area contributed by atoms with Crippen LogP contribution < -0.4 is 10.6 Å². The number of carboxylic acids is 1. The summed E-state index contributed by atoms with van der Waals surface area (Å²) in [5, 5.41) is 15.0. The van der Waals surface area contributed by atoms with Crippen LogP contribution in [0, 0.1) is 5.92 Å². The molecule has 2 aromatic carbocycles. The molecule has 2 amide bonds. The Labute approximate surface area is 206 Å². The minimum Gasteiger partial charge on any atom is -0.481 e. The van der Waals surface area contributed by atoms with Gasteiger partial charge in [0.05, 0.1) is 6.42 Å². The molecule has 0 aliphatic heterocycles. The zero-order chi connectivity index (χ0) is 25.0. The molecule has 2 atom stereocenters. The van der Waals surface area contributed by atoms with Gasteiger partial charge in [-0.05, 0) is 61.3 Å². The van der Waals surface area contributed by atoms with Crippen LogP contribution in [-0.2, 0) is 14.3 Å². The maximum Gasteiger partial charge on any atom is 0.407 e. The molecular formula is C28H34N2O5. The SMILES string of the molecule is CC(C)(CCC(=O)NC1CCCC1CC(=O)O)NC(=O)OCC1c2ccccc2-c2ccccc21. The Balaban J connectivity index is 1.26. The second-order valence-electron chi connectivity index (χ2n) is 10.3. The molecule has 2 unspecified atom stereocenters. The van der Waals surface area contributed by atoms with Crippen LogP contribution in [0.4, 0.5) is 4.79 Å². The first-order chi connectivity index (χ1) is 16.7. The van der Waals surface area contributed by atoms with Crippen molar-refractivity contribution in [3.63, 3.8) is 0 Å². The monoisotopic (exact) mass is 478 g/mol. The summed E-state index contributed by atoms with van der Waals surface area (Å²) < 4.78 is 5.63. The summed E-state index contributed by atoms with van der Waals surface area (Å²) in [7, 11) is 0. The van der Waals surface area contributed by atoms with Crippen molar-refractivity contribution in [2.75, 3.05) is 6.61 Å². The van der Waals surface area contributed by atoms with Gasteiger partial charge in [0.15, 0.2) is 0 Å². The summed E-state index contributed by atoms with van der Waals surface area (Å²) in [6.45, 7) is 3.97. The minimum absolute atomic E-state index is 0.00722. The van der Waals surface area contributed by atoms with Gasteiger partial charge in [-0.2, -0.15) is 0 Å². The minimum atomic E-state index is -0.829. The normalized spacial score (nSPS) is 19.0. The molecule has 7 nitrogen and oxygen atoms in total. The number of carbonyl (C=O) groups is 3. The number of benzene rings is 2. The van der Waals surface area contributed by atoms with Gasteiger partial charge in [-0.1, -0.05) is 55.0 Å². The van der Waals surface area contributed by atoms with Crippen molar-refractivity contribution in [2.45, 2.75) is 69.9 Å². The predicted molar refractivity (Wildman–Crippen MR) is 133 cm³/mol. The van der Waals surface area contributed by atoms with Gasteiger partial charge < -0.3 is 20.5 Å². The van der Waals surface area contributed by atoms with Crippen molar-refractivity contribution in [1.29, 1.82) is 0 Å². The lowest BCUT2D eigenvalue weighted by molar-refractivity contribution is -0.138. The fourth-order valence-corrected chi connectivity index (χ4v) is 5.37. The summed E-state index contributed by atoms with van der Waals surface area (Å²) in [6, 6.07) is 16.3. The van der Waals surface area contributed by atoms with Gasteiger partial charge >= 0.3 is 12.1 Å². The van der Waals surface area contributed by atoms with E-state index >= 15 is 0 Å². The van der Waals surface area contributed by atoms with E-state index in [1.807, 2.05) is 38.1 Å². The molecular weight excluding hydrogens is 444 g/mol. The van der Waals surface area contributed by atoms with E-state index in [-0.39, 0.29) is 43.2 Å². The molecule has 1 fully saturated rings. The quantitative estimate of drug-likeness (QED) is 0.478. The van der Waals surface area contributed by atoms with Crippen molar-refractivity contribution in [1.82, 2.24) is 10.6 Å². The number of fused-ring (bicyclic) bond motifs is 3. The molecule has 186 valence electrons. The summed E-state index contributed by atoms with van der Waals surface area (Å²) in [4.78, 5) is 36.2. The van der Waals surface area contributed by atoms with Crippen LogP contribution in [0.2, 0.25) is 0 Å². The standard InChI is InChI=1S/C28H34N2O5/c1-28(2,15-14-25(31)29-24-13-7-8-18(24)16-26(32)33)30-27(34)35-17-23-21-11-5-3-9-19(21)20-10-4-6-12-22(20)23/h3-6,9-12,18,23-24H,7-8,13-17H2,1-2H3,(H,29,31)(H,30,34)(H,32,33). The van der Waals surface area contributed by atoms with Crippen LogP contribution in [0.1, 0.15) is 69.4 Å². The first kappa shape index (κ1) is 24.8. The number of hydrogen-bond acceptors (Lipinski definition) is 4. The number of rotatable bonds is 9. The average molecular weight is 479 g/mol. The first-order valence-corrected chi connectivity index (χ1v) is 12.4. The van der Waals surface area contributed by atoms with Crippen LogP contribution in [0.15, 0.2) is 48.5 Å². The lowest BCUT2D eigenvalue weighted by atomic mass is 9.97. The molecule has 0 aromatic heterocycles. The van der Waals surface area contributed by atoms with Crippen LogP contribution >= 0.6 is 0 Å². The average Bonchev–Trinajstić information content (AvgIpc) is 3.37. The molecule has 7 heteroatoms. The molecule has 4 rings (SSSR count). The van der Waals surface area contributed by atoms with Crippen LogP contribution in [0.5, 0.6) is 0 Å². The van der Waals surface area contributed by atoms with E-state index in [2.05, 4.69) is 34.9 Å². The zero-order valence-corrected chi connectivity index (χ0v) is 20.4. The number of carboxylic acid groups (broad SMARTS) is 1. The van der Waals surface area contributed by atoms with Crippen LogP contribution in [0.3, 0.4) is 0 Å². The Hall–Kier alpha value is -3.35. The van der Waals surface area contributed by atoms with Crippen molar-refractivity contribution in [3.05, 3.63) is 59.7 Å².